The van der Waals surface area contributed by atoms with Gasteiger partial charge in [0.05, 0.1) is 6.42 Å². The highest BCUT2D eigenvalue weighted by atomic mass is 35.5. The molecule has 1 amide bonds. The Bertz CT molecular complexity index is 501. The third-order valence-electron chi connectivity index (χ3n) is 4.22. The van der Waals surface area contributed by atoms with Crippen LogP contribution in [0, 0.1) is 11.7 Å². The molecule has 1 N–H and O–H groups in total. The smallest absolute Gasteiger partial charge is 0.224 e. The van der Waals surface area contributed by atoms with E-state index < -0.39 is 5.82 Å². The molecule has 1 heterocycles. The molecule has 0 aromatic heterocycles. The first kappa shape index (κ1) is 17.2. The largest absolute Gasteiger partial charge is 0.356 e. The topological polar surface area (TPSA) is 32.3 Å². The number of hydrogen-bond donors (Lipinski definition) is 1. The molecule has 1 aromatic rings. The van der Waals surface area contributed by atoms with E-state index in [9.17, 15) is 9.18 Å². The van der Waals surface area contributed by atoms with Crippen LogP contribution in [0.25, 0.3) is 0 Å². The average Bonchev–Trinajstić information content (AvgIpc) is 2.48. The molecule has 1 fully saturated rings. The minimum Gasteiger partial charge on any atom is -0.356 e. The van der Waals surface area contributed by atoms with Crippen molar-refractivity contribution >= 4 is 17.5 Å². The Balaban J connectivity index is 1.63. The lowest BCUT2D eigenvalue weighted by atomic mass is 9.99. The predicted octanol–water partition coefficient (Wildman–Crippen LogP) is 3.26. The number of nitrogens with one attached hydrogen (secondary N) is 1. The molecule has 0 spiro atoms. The molecule has 0 unspecified atom stereocenters. The summed E-state index contributed by atoms with van der Waals surface area (Å²) in [6, 6.07) is 4.40. The van der Waals surface area contributed by atoms with Gasteiger partial charge in [0.2, 0.25) is 5.91 Å². The van der Waals surface area contributed by atoms with Crippen LogP contribution in [0.5, 0.6) is 0 Å². The Labute approximate surface area is 136 Å². The van der Waals surface area contributed by atoms with E-state index in [0.717, 1.165) is 32.0 Å². The van der Waals surface area contributed by atoms with Crippen molar-refractivity contribution < 1.29 is 9.18 Å². The van der Waals surface area contributed by atoms with Gasteiger partial charge in [-0.25, -0.2) is 4.39 Å². The van der Waals surface area contributed by atoms with E-state index in [1.807, 2.05) is 0 Å². The molecule has 122 valence electrons. The zero-order valence-corrected chi connectivity index (χ0v) is 13.8. The summed E-state index contributed by atoms with van der Waals surface area (Å²) in [5.74, 6) is 0.267. The highest BCUT2D eigenvalue weighted by Gasteiger charge is 2.15. The highest BCUT2D eigenvalue weighted by molar-refractivity contribution is 6.30. The van der Waals surface area contributed by atoms with Gasteiger partial charge in [0.1, 0.15) is 5.82 Å². The molecule has 0 bridgehead atoms. The lowest BCUT2D eigenvalue weighted by Crippen LogP contribution is -2.35. The number of carbonyl (C=O) groups is 1. The van der Waals surface area contributed by atoms with Crippen molar-refractivity contribution in [2.75, 3.05) is 26.2 Å². The maximum Gasteiger partial charge on any atom is 0.224 e. The molecular formula is C17H24ClFN2O. The van der Waals surface area contributed by atoms with Gasteiger partial charge in [0.15, 0.2) is 0 Å². The van der Waals surface area contributed by atoms with E-state index >= 15 is 0 Å². The fourth-order valence-corrected chi connectivity index (χ4v) is 2.88. The molecule has 0 aliphatic carbocycles. The standard InChI is InChI=1S/C17H24ClFN2O/c1-13-5-9-21(10-6-13)8-2-7-20-17(22)11-14-3-4-15(18)12-16(14)19/h3-4,12-13H,2,5-11H2,1H3,(H,20,22). The van der Waals surface area contributed by atoms with Crippen molar-refractivity contribution in [3.63, 3.8) is 0 Å². The summed E-state index contributed by atoms with van der Waals surface area (Å²) in [7, 11) is 0. The molecule has 1 aliphatic heterocycles. The van der Waals surface area contributed by atoms with Gasteiger partial charge in [-0.05, 0) is 62.5 Å². The van der Waals surface area contributed by atoms with E-state index in [4.69, 9.17) is 11.6 Å². The second-order valence-corrected chi connectivity index (χ2v) is 6.58. The minimum absolute atomic E-state index is 0.0598. The Morgan fingerprint density at radius 2 is 2.14 bits per heavy atom. The lowest BCUT2D eigenvalue weighted by molar-refractivity contribution is -0.120. The van der Waals surface area contributed by atoms with Gasteiger partial charge in [-0.1, -0.05) is 24.6 Å². The SMILES string of the molecule is CC1CCN(CCCNC(=O)Cc2ccc(Cl)cc2F)CC1. The van der Waals surface area contributed by atoms with Crippen molar-refractivity contribution in [3.05, 3.63) is 34.6 Å². The van der Waals surface area contributed by atoms with E-state index in [1.165, 1.54) is 18.9 Å². The first-order chi connectivity index (χ1) is 10.5. The van der Waals surface area contributed by atoms with Crippen molar-refractivity contribution in [3.8, 4) is 0 Å². The number of halogens is 2. The normalized spacial score (nSPS) is 16.7. The second-order valence-electron chi connectivity index (χ2n) is 6.14. The van der Waals surface area contributed by atoms with Crippen LogP contribution in [0.2, 0.25) is 5.02 Å². The Morgan fingerprint density at radius 1 is 1.41 bits per heavy atom. The van der Waals surface area contributed by atoms with Gasteiger partial charge >= 0.3 is 0 Å². The summed E-state index contributed by atoms with van der Waals surface area (Å²) in [5.41, 5.74) is 0.381. The summed E-state index contributed by atoms with van der Waals surface area (Å²) < 4.78 is 13.6. The fourth-order valence-electron chi connectivity index (χ4n) is 2.72. The summed E-state index contributed by atoms with van der Waals surface area (Å²) in [6.07, 6.45) is 3.53. The summed E-state index contributed by atoms with van der Waals surface area (Å²) in [4.78, 5) is 14.3. The quantitative estimate of drug-likeness (QED) is 0.814. The summed E-state index contributed by atoms with van der Waals surface area (Å²) >= 11 is 5.69. The fraction of sp³-hybridized carbons (Fsp3) is 0.588. The van der Waals surface area contributed by atoms with Crippen LogP contribution < -0.4 is 5.32 Å². The molecule has 0 saturated carbocycles. The van der Waals surface area contributed by atoms with Gasteiger partial charge in [0.25, 0.3) is 0 Å². The third-order valence-corrected chi connectivity index (χ3v) is 4.45. The molecule has 2 rings (SSSR count). The van der Waals surface area contributed by atoms with Gasteiger partial charge in [0, 0.05) is 11.6 Å². The molecular weight excluding hydrogens is 303 g/mol. The number of benzene rings is 1. The van der Waals surface area contributed by atoms with Crippen LogP contribution >= 0.6 is 11.6 Å². The zero-order valence-electron chi connectivity index (χ0n) is 13.1. The number of nitrogens with zero attached hydrogens (tertiary/aromatic N) is 1. The van der Waals surface area contributed by atoms with Crippen molar-refractivity contribution in [1.29, 1.82) is 0 Å². The first-order valence-corrected chi connectivity index (χ1v) is 8.35. The molecule has 1 aromatic carbocycles. The Kier molecular flexibility index (Phi) is 6.65. The molecule has 3 nitrogen and oxygen atoms in total. The second kappa shape index (κ2) is 8.49. The average molecular weight is 327 g/mol. The third kappa shape index (κ3) is 5.58. The van der Waals surface area contributed by atoms with Gasteiger partial charge in [-0.3, -0.25) is 4.79 Å². The molecule has 1 saturated heterocycles. The summed E-state index contributed by atoms with van der Waals surface area (Å²) in [5, 5.41) is 3.20. The van der Waals surface area contributed by atoms with Crippen molar-refractivity contribution in [1.82, 2.24) is 10.2 Å². The van der Waals surface area contributed by atoms with Gasteiger partial charge in [-0.2, -0.15) is 0 Å². The highest BCUT2D eigenvalue weighted by Crippen LogP contribution is 2.16. The van der Waals surface area contributed by atoms with E-state index in [0.29, 0.717) is 17.1 Å². The Hall–Kier alpha value is -1.13. The molecule has 22 heavy (non-hydrogen) atoms. The minimum atomic E-state index is -0.426. The van der Waals surface area contributed by atoms with Crippen LogP contribution in [0.4, 0.5) is 4.39 Å². The lowest BCUT2D eigenvalue weighted by Gasteiger charge is -2.30. The maximum atomic E-state index is 13.6. The molecule has 1 aliphatic rings. The van der Waals surface area contributed by atoms with E-state index in [-0.39, 0.29) is 12.3 Å². The van der Waals surface area contributed by atoms with Crippen LogP contribution in [0.1, 0.15) is 31.7 Å². The number of hydrogen-bond acceptors (Lipinski definition) is 2. The van der Waals surface area contributed by atoms with Crippen molar-refractivity contribution in [2.24, 2.45) is 5.92 Å². The number of likely N-dealkylation sites (tertiary alicyclic amines) is 1. The van der Waals surface area contributed by atoms with Gasteiger partial charge < -0.3 is 10.2 Å². The predicted molar refractivity (Wildman–Crippen MR) is 87.6 cm³/mol. The summed E-state index contributed by atoms with van der Waals surface area (Å²) in [6.45, 7) is 6.27. The maximum absolute atomic E-state index is 13.6. The molecule has 5 heteroatoms. The Morgan fingerprint density at radius 3 is 2.82 bits per heavy atom. The van der Waals surface area contributed by atoms with Crippen LogP contribution in [-0.2, 0) is 11.2 Å². The van der Waals surface area contributed by atoms with Crippen LogP contribution in [-0.4, -0.2) is 37.0 Å². The van der Waals surface area contributed by atoms with E-state index in [1.54, 1.807) is 12.1 Å². The number of carbonyl (C=O) groups excluding carboxylic acids is 1. The number of amides is 1. The first-order valence-electron chi connectivity index (χ1n) is 7.97. The van der Waals surface area contributed by atoms with E-state index in [2.05, 4.69) is 17.1 Å². The molecule has 0 radical (unpaired) electrons. The zero-order chi connectivity index (χ0) is 15.9. The monoisotopic (exact) mass is 326 g/mol. The van der Waals surface area contributed by atoms with Crippen LogP contribution in [0.15, 0.2) is 18.2 Å². The molecule has 0 atom stereocenters. The van der Waals surface area contributed by atoms with Gasteiger partial charge in [-0.15, -0.1) is 0 Å². The van der Waals surface area contributed by atoms with Crippen LogP contribution in [0.3, 0.4) is 0 Å². The van der Waals surface area contributed by atoms with Crippen molar-refractivity contribution in [2.45, 2.75) is 32.6 Å². The number of rotatable bonds is 6. The number of piperidine rings is 1.